The van der Waals surface area contributed by atoms with E-state index < -0.39 is 18.1 Å². The average molecular weight is 342 g/mol. The topological polar surface area (TPSA) is 40.6 Å². The van der Waals surface area contributed by atoms with Crippen molar-refractivity contribution in [3.8, 4) is 0 Å². The van der Waals surface area contributed by atoms with Crippen molar-refractivity contribution in [1.29, 1.82) is 0 Å². The molecule has 1 aromatic rings. The summed E-state index contributed by atoms with van der Waals surface area (Å²) in [5.41, 5.74) is 0.971. The molecule has 2 rings (SSSR count). The van der Waals surface area contributed by atoms with E-state index in [2.05, 4.69) is 0 Å². The molecule has 0 N–H and O–H groups in total. The van der Waals surface area contributed by atoms with Gasteiger partial charge in [-0.3, -0.25) is 9.59 Å². The maximum Gasteiger partial charge on any atom is 0.471 e. The highest BCUT2D eigenvalue weighted by molar-refractivity contribution is 5.82. The fraction of sp³-hybridized carbons (Fsp3) is 0.529. The van der Waals surface area contributed by atoms with Crippen molar-refractivity contribution >= 4 is 11.8 Å². The maximum atomic E-state index is 12.6. The van der Waals surface area contributed by atoms with E-state index in [4.69, 9.17) is 0 Å². The minimum atomic E-state index is -4.90. The number of carbonyl (C=O) groups is 2. The number of nitrogens with zero attached hydrogens (tertiary/aromatic N) is 2. The second-order valence-corrected chi connectivity index (χ2v) is 6.25. The number of likely N-dealkylation sites (tertiary alicyclic amines) is 1. The van der Waals surface area contributed by atoms with E-state index in [9.17, 15) is 22.8 Å². The van der Waals surface area contributed by atoms with Gasteiger partial charge in [0.2, 0.25) is 5.91 Å². The van der Waals surface area contributed by atoms with Gasteiger partial charge in [-0.1, -0.05) is 30.3 Å². The Morgan fingerprint density at radius 2 is 1.83 bits per heavy atom. The molecule has 3 atom stereocenters. The molecule has 132 valence electrons. The normalized spacial score (nSPS) is 20.8. The van der Waals surface area contributed by atoms with Gasteiger partial charge in [-0.05, 0) is 19.4 Å². The number of rotatable bonds is 4. The standard InChI is InChI=1S/C17H21F3N2O2/c1-11(21(3)16(24)17(18,19)20)14-9-15(23)22(10-14)12(2)13-7-5-4-6-8-13/h4-8,11-12,14H,9-10H2,1-3H3/t11-,12+,14+/m1/s1. The van der Waals surface area contributed by atoms with Gasteiger partial charge in [-0.2, -0.15) is 13.2 Å². The van der Waals surface area contributed by atoms with Gasteiger partial charge in [0.15, 0.2) is 0 Å². The second kappa shape index (κ2) is 6.83. The lowest BCUT2D eigenvalue weighted by Gasteiger charge is -2.31. The van der Waals surface area contributed by atoms with Crippen LogP contribution < -0.4 is 0 Å². The van der Waals surface area contributed by atoms with Gasteiger partial charge >= 0.3 is 12.1 Å². The SMILES string of the molecule is C[C@H]([C@H]1CC(=O)N([C@@H](C)c2ccccc2)C1)N(C)C(=O)C(F)(F)F. The summed E-state index contributed by atoms with van der Waals surface area (Å²) in [5.74, 6) is -2.30. The van der Waals surface area contributed by atoms with E-state index in [1.54, 1.807) is 11.8 Å². The molecule has 0 bridgehead atoms. The quantitative estimate of drug-likeness (QED) is 0.844. The second-order valence-electron chi connectivity index (χ2n) is 6.25. The number of alkyl halides is 3. The van der Waals surface area contributed by atoms with Crippen LogP contribution >= 0.6 is 0 Å². The van der Waals surface area contributed by atoms with Crippen molar-refractivity contribution in [3.63, 3.8) is 0 Å². The summed E-state index contributed by atoms with van der Waals surface area (Å²) < 4.78 is 37.7. The summed E-state index contributed by atoms with van der Waals surface area (Å²) in [5, 5.41) is 0. The smallest absolute Gasteiger partial charge is 0.336 e. The summed E-state index contributed by atoms with van der Waals surface area (Å²) in [6.45, 7) is 3.79. The number of carbonyl (C=O) groups excluding carboxylic acids is 2. The summed E-state index contributed by atoms with van der Waals surface area (Å²) in [7, 11) is 1.13. The van der Waals surface area contributed by atoms with Crippen molar-refractivity contribution in [2.45, 2.75) is 38.5 Å². The van der Waals surface area contributed by atoms with E-state index in [0.717, 1.165) is 12.6 Å². The number of benzene rings is 1. The van der Waals surface area contributed by atoms with Gasteiger partial charge in [0.25, 0.3) is 0 Å². The summed E-state index contributed by atoms with van der Waals surface area (Å²) >= 11 is 0. The summed E-state index contributed by atoms with van der Waals surface area (Å²) in [4.78, 5) is 26.0. The lowest BCUT2D eigenvalue weighted by atomic mass is 9.99. The highest BCUT2D eigenvalue weighted by Crippen LogP contribution is 2.32. The van der Waals surface area contributed by atoms with Gasteiger partial charge in [0.05, 0.1) is 6.04 Å². The maximum absolute atomic E-state index is 12.6. The highest BCUT2D eigenvalue weighted by Gasteiger charge is 2.45. The molecule has 0 saturated carbocycles. The number of hydrogen-bond acceptors (Lipinski definition) is 2. The Labute approximate surface area is 139 Å². The Bertz CT molecular complexity index is 604. The van der Waals surface area contributed by atoms with Gasteiger partial charge in [-0.25, -0.2) is 0 Å². The number of halogens is 3. The first-order valence-corrected chi connectivity index (χ1v) is 7.81. The van der Waals surface area contributed by atoms with Crippen molar-refractivity contribution in [1.82, 2.24) is 9.80 Å². The molecule has 0 unspecified atom stereocenters. The third-order valence-electron chi connectivity index (χ3n) is 4.79. The van der Waals surface area contributed by atoms with Crippen LogP contribution in [0.1, 0.15) is 31.9 Å². The van der Waals surface area contributed by atoms with Crippen LogP contribution in [0.5, 0.6) is 0 Å². The van der Waals surface area contributed by atoms with Gasteiger partial charge in [0, 0.05) is 32.0 Å². The molecule has 0 spiro atoms. The zero-order valence-electron chi connectivity index (χ0n) is 13.9. The molecule has 1 aliphatic heterocycles. The lowest BCUT2D eigenvalue weighted by molar-refractivity contribution is -0.186. The van der Waals surface area contributed by atoms with Crippen LogP contribution in [-0.4, -0.2) is 47.4 Å². The van der Waals surface area contributed by atoms with Crippen LogP contribution in [0.3, 0.4) is 0 Å². The Morgan fingerprint density at radius 3 is 2.38 bits per heavy atom. The van der Waals surface area contributed by atoms with Crippen molar-refractivity contribution in [2.24, 2.45) is 5.92 Å². The van der Waals surface area contributed by atoms with Crippen LogP contribution in [0, 0.1) is 5.92 Å². The minimum absolute atomic E-state index is 0.101. The molecule has 1 fully saturated rings. The van der Waals surface area contributed by atoms with Crippen LogP contribution in [0.15, 0.2) is 30.3 Å². The van der Waals surface area contributed by atoms with E-state index in [-0.39, 0.29) is 24.3 Å². The first-order valence-electron chi connectivity index (χ1n) is 7.81. The molecule has 1 aliphatic rings. The van der Waals surface area contributed by atoms with Crippen molar-refractivity contribution < 1.29 is 22.8 Å². The molecular formula is C17H21F3N2O2. The van der Waals surface area contributed by atoms with E-state index in [0.29, 0.717) is 11.4 Å². The average Bonchev–Trinajstić information content (AvgIpc) is 2.93. The monoisotopic (exact) mass is 342 g/mol. The molecule has 0 aromatic heterocycles. The molecule has 0 radical (unpaired) electrons. The third kappa shape index (κ3) is 3.71. The zero-order valence-corrected chi connectivity index (χ0v) is 13.9. The van der Waals surface area contributed by atoms with Gasteiger partial charge in [0.1, 0.15) is 0 Å². The molecule has 4 nitrogen and oxygen atoms in total. The molecular weight excluding hydrogens is 321 g/mol. The van der Waals surface area contributed by atoms with E-state index in [1.807, 2.05) is 37.3 Å². The largest absolute Gasteiger partial charge is 0.471 e. The molecule has 0 aliphatic carbocycles. The lowest BCUT2D eigenvalue weighted by Crippen LogP contribution is -2.46. The Balaban J connectivity index is 2.07. The molecule has 2 amide bonds. The predicted molar refractivity (Wildman–Crippen MR) is 83.0 cm³/mol. The summed E-state index contributed by atoms with van der Waals surface area (Å²) in [6, 6.07) is 8.63. The van der Waals surface area contributed by atoms with Crippen LogP contribution in [0.4, 0.5) is 13.2 Å². The molecule has 1 heterocycles. The first-order chi connectivity index (χ1) is 11.1. The number of hydrogen-bond donors (Lipinski definition) is 0. The van der Waals surface area contributed by atoms with Crippen molar-refractivity contribution in [3.05, 3.63) is 35.9 Å². The number of amides is 2. The first kappa shape index (κ1) is 18.3. The fourth-order valence-electron chi connectivity index (χ4n) is 3.07. The van der Waals surface area contributed by atoms with Crippen LogP contribution in [0.25, 0.3) is 0 Å². The Hall–Kier alpha value is -2.05. The third-order valence-corrected chi connectivity index (χ3v) is 4.79. The molecule has 1 saturated heterocycles. The van der Waals surface area contributed by atoms with Gasteiger partial charge in [-0.15, -0.1) is 0 Å². The van der Waals surface area contributed by atoms with Crippen LogP contribution in [0.2, 0.25) is 0 Å². The van der Waals surface area contributed by atoms with Crippen molar-refractivity contribution in [2.75, 3.05) is 13.6 Å². The molecule has 1 aromatic carbocycles. The predicted octanol–water partition coefficient (Wildman–Crippen LogP) is 3.01. The molecule has 7 heteroatoms. The zero-order chi connectivity index (χ0) is 18.1. The van der Waals surface area contributed by atoms with Gasteiger partial charge < -0.3 is 9.80 Å². The van der Waals surface area contributed by atoms with E-state index in [1.165, 1.54) is 0 Å². The van der Waals surface area contributed by atoms with E-state index >= 15 is 0 Å². The Kier molecular flexibility index (Phi) is 5.20. The fourth-order valence-corrected chi connectivity index (χ4v) is 3.07. The van der Waals surface area contributed by atoms with Crippen LogP contribution in [-0.2, 0) is 9.59 Å². The summed E-state index contributed by atoms with van der Waals surface area (Å²) in [6.07, 6.45) is -4.75. The minimum Gasteiger partial charge on any atom is -0.336 e. The molecule has 24 heavy (non-hydrogen) atoms. The highest BCUT2D eigenvalue weighted by atomic mass is 19.4. The Morgan fingerprint density at radius 1 is 1.25 bits per heavy atom.